The highest BCUT2D eigenvalue weighted by Crippen LogP contribution is 2.25. The van der Waals surface area contributed by atoms with Gasteiger partial charge in [0.05, 0.1) is 6.61 Å². The monoisotopic (exact) mass is 176 g/mol. The van der Waals surface area contributed by atoms with E-state index in [1.54, 1.807) is 24.3 Å². The highest BCUT2D eigenvalue weighted by molar-refractivity contribution is 6.26. The molecule has 1 N–H and O–H groups in total. The second-order valence-electron chi connectivity index (χ2n) is 3.01. The number of carbonyl (C=O) groups is 2. The van der Waals surface area contributed by atoms with Crippen molar-refractivity contribution in [2.75, 3.05) is 6.61 Å². The summed E-state index contributed by atoms with van der Waals surface area (Å²) in [5, 5.41) is 8.84. The minimum absolute atomic E-state index is 0.261. The lowest BCUT2D eigenvalue weighted by Crippen LogP contribution is -2.18. The summed E-state index contributed by atoms with van der Waals surface area (Å²) >= 11 is 0. The zero-order chi connectivity index (χ0) is 9.42. The molecular formula is C10H8O3. The molecule has 0 aromatic heterocycles. The maximum Gasteiger partial charge on any atom is 0.176 e. The summed E-state index contributed by atoms with van der Waals surface area (Å²) in [6, 6.07) is 6.66. The van der Waals surface area contributed by atoms with Crippen LogP contribution in [0.4, 0.5) is 0 Å². The fourth-order valence-electron chi connectivity index (χ4n) is 1.57. The van der Waals surface area contributed by atoms with Gasteiger partial charge >= 0.3 is 0 Å². The van der Waals surface area contributed by atoms with Crippen molar-refractivity contribution < 1.29 is 14.7 Å². The van der Waals surface area contributed by atoms with Crippen molar-refractivity contribution in [2.45, 2.75) is 0 Å². The van der Waals surface area contributed by atoms with Crippen LogP contribution in [0, 0.1) is 5.92 Å². The van der Waals surface area contributed by atoms with Gasteiger partial charge in [0, 0.05) is 11.1 Å². The topological polar surface area (TPSA) is 54.4 Å². The van der Waals surface area contributed by atoms with Gasteiger partial charge in [-0.1, -0.05) is 24.3 Å². The van der Waals surface area contributed by atoms with Gasteiger partial charge in [0.15, 0.2) is 11.6 Å². The van der Waals surface area contributed by atoms with E-state index < -0.39 is 12.5 Å². The molecule has 0 unspecified atom stereocenters. The van der Waals surface area contributed by atoms with Gasteiger partial charge in [0.2, 0.25) is 0 Å². The van der Waals surface area contributed by atoms with Crippen LogP contribution in [0.1, 0.15) is 20.7 Å². The number of hydrogen-bond acceptors (Lipinski definition) is 3. The third-order valence-electron chi connectivity index (χ3n) is 2.27. The molecule has 1 aromatic rings. The molecule has 1 aliphatic rings. The van der Waals surface area contributed by atoms with Crippen LogP contribution in [0.25, 0.3) is 0 Å². The maximum atomic E-state index is 11.5. The molecule has 0 radical (unpaired) electrons. The fourth-order valence-corrected chi connectivity index (χ4v) is 1.57. The van der Waals surface area contributed by atoms with E-state index in [0.29, 0.717) is 11.1 Å². The molecule has 0 amide bonds. The van der Waals surface area contributed by atoms with Gasteiger partial charge < -0.3 is 5.11 Å². The maximum absolute atomic E-state index is 11.5. The third-order valence-corrected chi connectivity index (χ3v) is 2.27. The van der Waals surface area contributed by atoms with Gasteiger partial charge in [-0.05, 0) is 0 Å². The summed E-state index contributed by atoms with van der Waals surface area (Å²) in [6.07, 6.45) is 0. The van der Waals surface area contributed by atoms with Crippen molar-refractivity contribution in [1.82, 2.24) is 0 Å². The Bertz CT molecular complexity index is 347. The number of aliphatic hydroxyl groups excluding tert-OH is 1. The van der Waals surface area contributed by atoms with Crippen LogP contribution >= 0.6 is 0 Å². The predicted molar refractivity (Wildman–Crippen MR) is 45.7 cm³/mol. The number of Topliss-reactive ketones (excluding diaryl/α,β-unsaturated/α-hetero) is 2. The largest absolute Gasteiger partial charge is 0.395 e. The van der Waals surface area contributed by atoms with Crippen LogP contribution < -0.4 is 0 Å². The quantitative estimate of drug-likeness (QED) is 0.640. The summed E-state index contributed by atoms with van der Waals surface area (Å²) in [6.45, 7) is -0.396. The Morgan fingerprint density at radius 1 is 1.08 bits per heavy atom. The first-order valence-corrected chi connectivity index (χ1v) is 4.04. The van der Waals surface area contributed by atoms with Crippen molar-refractivity contribution in [3.8, 4) is 0 Å². The number of rotatable bonds is 1. The van der Waals surface area contributed by atoms with E-state index in [4.69, 9.17) is 5.11 Å². The van der Waals surface area contributed by atoms with Gasteiger partial charge in [-0.2, -0.15) is 0 Å². The molecule has 2 rings (SSSR count). The van der Waals surface area contributed by atoms with Crippen LogP contribution in [0.2, 0.25) is 0 Å². The Kier molecular flexibility index (Phi) is 1.74. The predicted octanol–water partition coefficient (Wildman–Crippen LogP) is 0.674. The van der Waals surface area contributed by atoms with E-state index in [1.165, 1.54) is 0 Å². The van der Waals surface area contributed by atoms with E-state index in [9.17, 15) is 9.59 Å². The molecule has 3 nitrogen and oxygen atoms in total. The first-order valence-electron chi connectivity index (χ1n) is 4.04. The summed E-state index contributed by atoms with van der Waals surface area (Å²) in [7, 11) is 0. The van der Waals surface area contributed by atoms with Gasteiger partial charge in [-0.3, -0.25) is 9.59 Å². The van der Waals surface area contributed by atoms with Crippen LogP contribution in [-0.2, 0) is 0 Å². The SMILES string of the molecule is O=C1c2ccccc2C(=O)C1CO. The van der Waals surface area contributed by atoms with E-state index in [0.717, 1.165) is 0 Å². The first kappa shape index (κ1) is 8.13. The normalized spacial score (nSPS) is 16.4. The number of ketones is 2. The molecule has 0 aliphatic heterocycles. The van der Waals surface area contributed by atoms with Gasteiger partial charge in [-0.25, -0.2) is 0 Å². The van der Waals surface area contributed by atoms with Crippen LogP contribution in [-0.4, -0.2) is 23.3 Å². The highest BCUT2D eigenvalue weighted by Gasteiger charge is 2.37. The smallest absolute Gasteiger partial charge is 0.176 e. The third kappa shape index (κ3) is 1.01. The molecule has 0 saturated carbocycles. The van der Waals surface area contributed by atoms with Crippen LogP contribution in [0.3, 0.4) is 0 Å². The molecule has 0 saturated heterocycles. The van der Waals surface area contributed by atoms with Crippen molar-refractivity contribution in [2.24, 2.45) is 5.92 Å². The van der Waals surface area contributed by atoms with Gasteiger partial charge in [0.1, 0.15) is 5.92 Å². The zero-order valence-corrected chi connectivity index (χ0v) is 6.86. The Labute approximate surface area is 75.0 Å². The second kappa shape index (κ2) is 2.78. The lowest BCUT2D eigenvalue weighted by atomic mass is 10.1. The average Bonchev–Trinajstić information content (AvgIpc) is 2.41. The zero-order valence-electron chi connectivity index (χ0n) is 6.86. The van der Waals surface area contributed by atoms with Gasteiger partial charge in [-0.15, -0.1) is 0 Å². The molecule has 0 atom stereocenters. The number of fused-ring (bicyclic) bond motifs is 1. The summed E-state index contributed by atoms with van der Waals surface area (Å²) in [5.41, 5.74) is 0.873. The van der Waals surface area contributed by atoms with Crippen molar-refractivity contribution in [1.29, 1.82) is 0 Å². The van der Waals surface area contributed by atoms with E-state index >= 15 is 0 Å². The number of benzene rings is 1. The minimum Gasteiger partial charge on any atom is -0.395 e. The number of aliphatic hydroxyl groups is 1. The van der Waals surface area contributed by atoms with Gasteiger partial charge in [0.25, 0.3) is 0 Å². The van der Waals surface area contributed by atoms with Crippen LogP contribution in [0.15, 0.2) is 24.3 Å². The molecule has 1 aliphatic carbocycles. The molecular weight excluding hydrogens is 168 g/mol. The van der Waals surface area contributed by atoms with E-state index in [-0.39, 0.29) is 11.6 Å². The Morgan fingerprint density at radius 2 is 1.54 bits per heavy atom. The Hall–Kier alpha value is -1.48. The Balaban J connectivity index is 2.57. The molecule has 66 valence electrons. The molecule has 0 fully saturated rings. The molecule has 0 spiro atoms. The lowest BCUT2D eigenvalue weighted by Gasteiger charge is -1.98. The standard InChI is InChI=1S/C10H8O3/c11-5-8-9(12)6-3-1-2-4-7(6)10(8)13/h1-4,8,11H,5H2. The molecule has 0 heterocycles. The van der Waals surface area contributed by atoms with Crippen molar-refractivity contribution in [3.05, 3.63) is 35.4 Å². The van der Waals surface area contributed by atoms with Crippen molar-refractivity contribution in [3.63, 3.8) is 0 Å². The second-order valence-corrected chi connectivity index (χ2v) is 3.01. The number of hydrogen-bond donors (Lipinski definition) is 1. The fraction of sp³-hybridized carbons (Fsp3) is 0.200. The number of carbonyl (C=O) groups excluding carboxylic acids is 2. The average molecular weight is 176 g/mol. The first-order chi connectivity index (χ1) is 6.25. The molecule has 0 bridgehead atoms. The highest BCUT2D eigenvalue weighted by atomic mass is 16.3. The van der Waals surface area contributed by atoms with Crippen molar-refractivity contribution >= 4 is 11.6 Å². The summed E-state index contributed by atoms with van der Waals surface area (Å²) in [4.78, 5) is 22.9. The minimum atomic E-state index is -0.864. The molecule has 3 heteroatoms. The summed E-state index contributed by atoms with van der Waals surface area (Å²) in [5.74, 6) is -1.39. The van der Waals surface area contributed by atoms with E-state index in [2.05, 4.69) is 0 Å². The Morgan fingerprint density at radius 3 is 1.92 bits per heavy atom. The van der Waals surface area contributed by atoms with Crippen LogP contribution in [0.5, 0.6) is 0 Å². The molecule has 13 heavy (non-hydrogen) atoms. The lowest BCUT2D eigenvalue weighted by molar-refractivity contribution is 0.0775. The van der Waals surface area contributed by atoms with E-state index in [1.807, 2.05) is 0 Å². The summed E-state index contributed by atoms with van der Waals surface area (Å²) < 4.78 is 0. The molecule has 1 aromatic carbocycles.